The van der Waals surface area contributed by atoms with Crippen LogP contribution in [0.3, 0.4) is 0 Å². The van der Waals surface area contributed by atoms with Gasteiger partial charge in [0.05, 0.1) is 26.9 Å². The van der Waals surface area contributed by atoms with Gasteiger partial charge in [0.15, 0.2) is 0 Å². The maximum atomic E-state index is 13.2. The molecule has 0 spiro atoms. The molecule has 0 unspecified atom stereocenters. The Labute approximate surface area is 181 Å². The predicted molar refractivity (Wildman–Crippen MR) is 106 cm³/mol. The number of hydrogen-bond donors (Lipinski definition) is 0. The van der Waals surface area contributed by atoms with Crippen LogP contribution < -0.4 is 0 Å². The highest BCUT2D eigenvalue weighted by Crippen LogP contribution is 2.36. The van der Waals surface area contributed by atoms with Crippen molar-refractivity contribution in [3.63, 3.8) is 0 Å². The molecule has 2 aromatic rings. The standard InChI is InChI=1S/C20H19F3N2O6S/c21-20(22,23)16-6-2-4-8-18(16)32(29,30)24-11-9-14(10-12-24)19(26)31-13-15-5-1-3-7-17(15)25(27)28/h1-8,14H,9-13H2. The van der Waals surface area contributed by atoms with Gasteiger partial charge < -0.3 is 4.74 Å². The number of halogens is 3. The van der Waals surface area contributed by atoms with Crippen LogP contribution in [0.5, 0.6) is 0 Å². The lowest BCUT2D eigenvalue weighted by Gasteiger charge is -2.30. The molecule has 0 saturated carbocycles. The highest BCUT2D eigenvalue weighted by Gasteiger charge is 2.40. The van der Waals surface area contributed by atoms with Crippen LogP contribution in [-0.4, -0.2) is 36.7 Å². The average molecular weight is 472 g/mol. The first-order chi connectivity index (χ1) is 15.0. The number of nitrogens with zero attached hydrogens (tertiary/aromatic N) is 2. The molecule has 1 aliphatic heterocycles. The van der Waals surface area contributed by atoms with Gasteiger partial charge in [0, 0.05) is 19.2 Å². The van der Waals surface area contributed by atoms with Gasteiger partial charge in [-0.05, 0) is 31.0 Å². The van der Waals surface area contributed by atoms with Crippen LogP contribution in [0.25, 0.3) is 0 Å². The number of nitro benzene ring substituents is 1. The lowest BCUT2D eigenvalue weighted by Crippen LogP contribution is -2.41. The van der Waals surface area contributed by atoms with E-state index in [0.29, 0.717) is 6.07 Å². The fraction of sp³-hybridized carbons (Fsp3) is 0.350. The van der Waals surface area contributed by atoms with Crippen LogP contribution in [0.15, 0.2) is 53.4 Å². The van der Waals surface area contributed by atoms with E-state index in [1.54, 1.807) is 6.07 Å². The molecule has 1 heterocycles. The number of ether oxygens (including phenoxy) is 1. The van der Waals surface area contributed by atoms with Crippen LogP contribution in [0, 0.1) is 16.0 Å². The highest BCUT2D eigenvalue weighted by atomic mass is 32.2. The molecule has 1 fully saturated rings. The summed E-state index contributed by atoms with van der Waals surface area (Å²) in [7, 11) is -4.41. The van der Waals surface area contributed by atoms with E-state index in [2.05, 4.69) is 0 Å². The molecule has 0 atom stereocenters. The summed E-state index contributed by atoms with van der Waals surface area (Å²) in [6, 6.07) is 9.74. The number of benzene rings is 2. The van der Waals surface area contributed by atoms with Gasteiger partial charge in [-0.15, -0.1) is 0 Å². The Morgan fingerprint density at radius 1 is 1.09 bits per heavy atom. The third kappa shape index (κ3) is 5.07. The van der Waals surface area contributed by atoms with E-state index in [4.69, 9.17) is 4.74 Å². The topological polar surface area (TPSA) is 107 Å². The second kappa shape index (κ2) is 9.25. The van der Waals surface area contributed by atoms with Crippen LogP contribution >= 0.6 is 0 Å². The molecule has 1 aliphatic rings. The molecule has 1 saturated heterocycles. The van der Waals surface area contributed by atoms with E-state index in [9.17, 15) is 36.5 Å². The number of piperidine rings is 1. The maximum Gasteiger partial charge on any atom is 0.417 e. The summed E-state index contributed by atoms with van der Waals surface area (Å²) in [6.45, 7) is -0.618. The lowest BCUT2D eigenvalue weighted by molar-refractivity contribution is -0.385. The first-order valence-electron chi connectivity index (χ1n) is 9.57. The number of sulfonamides is 1. The summed E-state index contributed by atoms with van der Waals surface area (Å²) in [4.78, 5) is 22.0. The monoisotopic (exact) mass is 472 g/mol. The summed E-state index contributed by atoms with van der Waals surface area (Å²) in [5.74, 6) is -1.31. The van der Waals surface area contributed by atoms with Crippen LogP contribution in [0.2, 0.25) is 0 Å². The van der Waals surface area contributed by atoms with E-state index in [1.165, 1.54) is 24.3 Å². The number of alkyl halides is 3. The molecule has 8 nitrogen and oxygen atoms in total. The summed E-state index contributed by atoms with van der Waals surface area (Å²) in [6.07, 6.45) is -4.71. The minimum atomic E-state index is -4.83. The number of hydrogen-bond acceptors (Lipinski definition) is 6. The van der Waals surface area contributed by atoms with Gasteiger partial charge in [0.25, 0.3) is 5.69 Å². The molecule has 0 radical (unpaired) electrons. The molecule has 12 heteroatoms. The minimum absolute atomic E-state index is 0.0587. The third-order valence-corrected chi connectivity index (χ3v) is 7.11. The van der Waals surface area contributed by atoms with Gasteiger partial charge in [-0.25, -0.2) is 8.42 Å². The number of para-hydroxylation sites is 1. The van der Waals surface area contributed by atoms with Crippen molar-refractivity contribution in [2.45, 2.75) is 30.5 Å². The number of carbonyl (C=O) groups is 1. The smallest absolute Gasteiger partial charge is 0.417 e. The van der Waals surface area contributed by atoms with Gasteiger partial charge in [-0.3, -0.25) is 14.9 Å². The Kier molecular flexibility index (Phi) is 6.84. The Bertz CT molecular complexity index is 1110. The molecule has 32 heavy (non-hydrogen) atoms. The van der Waals surface area contributed by atoms with Crippen LogP contribution in [0.1, 0.15) is 24.0 Å². The number of esters is 1. The van der Waals surface area contributed by atoms with E-state index in [1.807, 2.05) is 0 Å². The van der Waals surface area contributed by atoms with Crippen molar-refractivity contribution in [2.75, 3.05) is 13.1 Å². The zero-order chi connectivity index (χ0) is 23.5. The maximum absolute atomic E-state index is 13.2. The van der Waals surface area contributed by atoms with Crippen LogP contribution in [-0.2, 0) is 32.3 Å². The van der Waals surface area contributed by atoms with Gasteiger partial charge in [-0.1, -0.05) is 24.3 Å². The highest BCUT2D eigenvalue weighted by molar-refractivity contribution is 7.89. The molecule has 0 aromatic heterocycles. The van der Waals surface area contributed by atoms with Gasteiger partial charge in [0.2, 0.25) is 10.0 Å². The molecular formula is C20H19F3N2O6S. The fourth-order valence-electron chi connectivity index (χ4n) is 3.47. The molecular weight excluding hydrogens is 453 g/mol. The van der Waals surface area contributed by atoms with E-state index >= 15 is 0 Å². The molecule has 3 rings (SSSR count). The van der Waals surface area contributed by atoms with Crippen molar-refractivity contribution in [3.8, 4) is 0 Å². The Morgan fingerprint density at radius 3 is 2.31 bits per heavy atom. The molecule has 2 aromatic carbocycles. The van der Waals surface area contributed by atoms with Crippen LogP contribution in [0.4, 0.5) is 18.9 Å². The zero-order valence-corrected chi connectivity index (χ0v) is 17.4. The largest absolute Gasteiger partial charge is 0.460 e. The summed E-state index contributed by atoms with van der Waals surface area (Å²) < 4.78 is 71.4. The van der Waals surface area contributed by atoms with Crippen molar-refractivity contribution < 1.29 is 36.0 Å². The molecule has 0 N–H and O–H groups in total. The average Bonchev–Trinajstić information content (AvgIpc) is 2.77. The van der Waals surface area contributed by atoms with Gasteiger partial charge >= 0.3 is 12.1 Å². The van der Waals surface area contributed by atoms with Crippen molar-refractivity contribution in [1.82, 2.24) is 4.31 Å². The van der Waals surface area contributed by atoms with Gasteiger partial charge in [0.1, 0.15) is 6.61 Å². The molecule has 0 aliphatic carbocycles. The Balaban J connectivity index is 1.64. The molecule has 172 valence electrons. The quantitative estimate of drug-likeness (QED) is 0.360. The van der Waals surface area contributed by atoms with Crippen molar-refractivity contribution >= 4 is 21.7 Å². The third-order valence-electron chi connectivity index (χ3n) is 5.16. The fourth-order valence-corrected chi connectivity index (χ4v) is 5.16. The number of carbonyl (C=O) groups excluding carboxylic acids is 1. The van der Waals surface area contributed by atoms with Crippen molar-refractivity contribution in [3.05, 3.63) is 69.8 Å². The first-order valence-corrected chi connectivity index (χ1v) is 11.0. The predicted octanol–water partition coefficient (Wildman–Crippen LogP) is 3.76. The summed E-state index contributed by atoms with van der Waals surface area (Å²) in [5, 5.41) is 11.0. The number of rotatable bonds is 6. The number of nitro groups is 1. The first kappa shape index (κ1) is 23.7. The van der Waals surface area contributed by atoms with E-state index in [0.717, 1.165) is 16.4 Å². The SMILES string of the molecule is O=C(OCc1ccccc1[N+](=O)[O-])C1CCN(S(=O)(=O)c2ccccc2C(F)(F)F)CC1. The second-order valence-electron chi connectivity index (χ2n) is 7.17. The lowest BCUT2D eigenvalue weighted by atomic mass is 9.98. The van der Waals surface area contributed by atoms with Crippen molar-refractivity contribution in [1.29, 1.82) is 0 Å². The summed E-state index contributed by atoms with van der Waals surface area (Å²) in [5.41, 5.74) is -1.22. The molecule has 0 bridgehead atoms. The second-order valence-corrected chi connectivity index (χ2v) is 9.07. The van der Waals surface area contributed by atoms with E-state index in [-0.39, 0.29) is 43.8 Å². The van der Waals surface area contributed by atoms with Gasteiger partial charge in [-0.2, -0.15) is 17.5 Å². The Morgan fingerprint density at radius 2 is 1.69 bits per heavy atom. The Hall–Kier alpha value is -2.99. The van der Waals surface area contributed by atoms with Crippen molar-refractivity contribution in [2.24, 2.45) is 5.92 Å². The summed E-state index contributed by atoms with van der Waals surface area (Å²) >= 11 is 0. The minimum Gasteiger partial charge on any atom is -0.460 e. The normalized spacial score (nSPS) is 16.0. The molecule has 0 amide bonds. The van der Waals surface area contributed by atoms with E-state index < -0.39 is 43.5 Å². The zero-order valence-electron chi connectivity index (χ0n) is 16.6.